The van der Waals surface area contributed by atoms with Crippen molar-refractivity contribution >= 4 is 22.8 Å². The second-order valence-corrected chi connectivity index (χ2v) is 6.47. The highest BCUT2D eigenvalue weighted by Crippen LogP contribution is 2.27. The predicted octanol–water partition coefficient (Wildman–Crippen LogP) is 3.39. The summed E-state index contributed by atoms with van der Waals surface area (Å²) in [7, 11) is 0. The molecule has 4 heteroatoms. The Kier molecular flexibility index (Phi) is 4.53. The number of para-hydroxylation sites is 2. The van der Waals surface area contributed by atoms with Gasteiger partial charge in [0.2, 0.25) is 0 Å². The molecule has 0 radical (unpaired) electrons. The van der Waals surface area contributed by atoms with Crippen molar-refractivity contribution < 1.29 is 0 Å². The van der Waals surface area contributed by atoms with Crippen LogP contribution in [0.25, 0.3) is 11.0 Å². The minimum absolute atomic E-state index is 0.618. The van der Waals surface area contributed by atoms with Gasteiger partial charge in [0, 0.05) is 17.8 Å². The Morgan fingerprint density at radius 3 is 2.85 bits per heavy atom. The smallest absolute Gasteiger partial charge is 0.0890 e. The lowest BCUT2D eigenvalue weighted by molar-refractivity contribution is 0.381. The molecule has 1 aromatic carbocycles. The molecule has 2 atom stereocenters. The van der Waals surface area contributed by atoms with E-state index in [0.29, 0.717) is 6.04 Å². The minimum atomic E-state index is 0.618. The number of aromatic nitrogens is 2. The number of rotatable bonds is 4. The van der Waals surface area contributed by atoms with Crippen LogP contribution >= 0.6 is 11.8 Å². The van der Waals surface area contributed by atoms with Crippen LogP contribution in [0.1, 0.15) is 31.4 Å². The van der Waals surface area contributed by atoms with E-state index in [0.717, 1.165) is 28.5 Å². The number of nitrogens with zero attached hydrogens (tertiary/aromatic N) is 2. The average Bonchev–Trinajstić information content (AvgIpc) is 2.53. The largest absolute Gasteiger partial charge is 0.307 e. The van der Waals surface area contributed by atoms with Gasteiger partial charge in [-0.15, -0.1) is 0 Å². The zero-order valence-corrected chi connectivity index (χ0v) is 12.7. The van der Waals surface area contributed by atoms with Crippen LogP contribution in [-0.4, -0.2) is 27.5 Å². The summed E-state index contributed by atoms with van der Waals surface area (Å²) in [5.74, 6) is 0. The molecule has 0 bridgehead atoms. The van der Waals surface area contributed by atoms with E-state index in [1.165, 1.54) is 25.7 Å². The van der Waals surface area contributed by atoms with Crippen molar-refractivity contribution in [3.8, 4) is 0 Å². The summed E-state index contributed by atoms with van der Waals surface area (Å²) in [5, 5.41) is 4.43. The molecule has 0 aliphatic heterocycles. The molecule has 0 spiro atoms. The van der Waals surface area contributed by atoms with E-state index in [1.54, 1.807) is 0 Å². The van der Waals surface area contributed by atoms with Crippen LogP contribution in [0.4, 0.5) is 0 Å². The van der Waals surface area contributed by atoms with Crippen LogP contribution in [0, 0.1) is 0 Å². The fourth-order valence-corrected chi connectivity index (χ4v) is 3.89. The molecule has 3 nitrogen and oxygen atoms in total. The average molecular weight is 287 g/mol. The van der Waals surface area contributed by atoms with E-state index in [-0.39, 0.29) is 0 Å². The maximum absolute atomic E-state index is 4.68. The number of hydrogen-bond acceptors (Lipinski definition) is 4. The van der Waals surface area contributed by atoms with Gasteiger partial charge in [-0.2, -0.15) is 11.8 Å². The summed E-state index contributed by atoms with van der Waals surface area (Å²) in [6.07, 6.45) is 9.46. The molecule has 0 saturated heterocycles. The summed E-state index contributed by atoms with van der Waals surface area (Å²) in [4.78, 5) is 9.16. The van der Waals surface area contributed by atoms with E-state index in [9.17, 15) is 0 Å². The molecular weight excluding hydrogens is 266 g/mol. The Morgan fingerprint density at radius 2 is 2.00 bits per heavy atom. The van der Waals surface area contributed by atoms with Gasteiger partial charge in [0.15, 0.2) is 0 Å². The van der Waals surface area contributed by atoms with Gasteiger partial charge in [0.25, 0.3) is 0 Å². The zero-order chi connectivity index (χ0) is 13.8. The topological polar surface area (TPSA) is 37.8 Å². The van der Waals surface area contributed by atoms with E-state index in [2.05, 4.69) is 21.5 Å². The number of hydrogen-bond donors (Lipinski definition) is 1. The summed E-state index contributed by atoms with van der Waals surface area (Å²) in [6, 6.07) is 8.66. The first-order chi connectivity index (χ1) is 9.86. The lowest BCUT2D eigenvalue weighted by Crippen LogP contribution is -2.40. The quantitative estimate of drug-likeness (QED) is 0.935. The van der Waals surface area contributed by atoms with Gasteiger partial charge in [-0.05, 0) is 31.2 Å². The lowest BCUT2D eigenvalue weighted by Gasteiger charge is -2.31. The standard InChI is InChI=1S/C16H21N3S/c1-20-16-9-5-4-8-15(16)18-11-12-10-17-13-6-2-3-7-14(13)19-12/h2-3,6-7,10,15-16,18H,4-5,8-9,11H2,1H3. The van der Waals surface area contributed by atoms with E-state index in [1.807, 2.05) is 42.2 Å². The molecule has 1 N–H and O–H groups in total. The Bertz CT molecular complexity index is 572. The van der Waals surface area contributed by atoms with Gasteiger partial charge in [0.1, 0.15) is 0 Å². The lowest BCUT2D eigenvalue weighted by atomic mass is 9.95. The Hall–Kier alpha value is -1.13. The number of fused-ring (bicyclic) bond motifs is 1. The second-order valence-electron chi connectivity index (χ2n) is 5.40. The van der Waals surface area contributed by atoms with Crippen LogP contribution < -0.4 is 5.32 Å². The summed E-state index contributed by atoms with van der Waals surface area (Å²) < 4.78 is 0. The molecule has 1 aromatic heterocycles. The Morgan fingerprint density at radius 1 is 1.20 bits per heavy atom. The number of thioether (sulfide) groups is 1. The molecule has 2 unspecified atom stereocenters. The van der Waals surface area contributed by atoms with Gasteiger partial charge < -0.3 is 5.32 Å². The minimum Gasteiger partial charge on any atom is -0.307 e. The highest BCUT2D eigenvalue weighted by molar-refractivity contribution is 7.99. The third-order valence-corrected chi connectivity index (χ3v) is 5.22. The summed E-state index contributed by atoms with van der Waals surface area (Å²) in [5.41, 5.74) is 2.99. The molecule has 20 heavy (non-hydrogen) atoms. The van der Waals surface area contributed by atoms with Crippen molar-refractivity contribution in [1.82, 2.24) is 15.3 Å². The number of nitrogens with one attached hydrogen (secondary N) is 1. The Balaban J connectivity index is 1.67. The molecule has 1 aliphatic rings. The van der Waals surface area contributed by atoms with Crippen molar-refractivity contribution in [2.75, 3.05) is 6.26 Å². The first kappa shape index (κ1) is 13.8. The molecule has 1 saturated carbocycles. The molecular formula is C16H21N3S. The molecule has 1 fully saturated rings. The SMILES string of the molecule is CSC1CCCCC1NCc1cnc2ccccc2n1. The third kappa shape index (κ3) is 3.13. The van der Waals surface area contributed by atoms with Crippen molar-refractivity contribution in [3.05, 3.63) is 36.2 Å². The fourth-order valence-electron chi connectivity index (χ4n) is 2.93. The predicted molar refractivity (Wildman–Crippen MR) is 85.9 cm³/mol. The van der Waals surface area contributed by atoms with Gasteiger partial charge >= 0.3 is 0 Å². The molecule has 1 aliphatic carbocycles. The number of benzene rings is 1. The first-order valence-electron chi connectivity index (χ1n) is 7.33. The summed E-state index contributed by atoms with van der Waals surface area (Å²) in [6.45, 7) is 0.819. The van der Waals surface area contributed by atoms with E-state index < -0.39 is 0 Å². The van der Waals surface area contributed by atoms with Crippen LogP contribution in [0.15, 0.2) is 30.5 Å². The van der Waals surface area contributed by atoms with Crippen molar-refractivity contribution in [2.24, 2.45) is 0 Å². The van der Waals surface area contributed by atoms with Gasteiger partial charge in [-0.3, -0.25) is 4.98 Å². The molecule has 3 rings (SSSR count). The normalized spacial score (nSPS) is 23.1. The molecule has 106 valence electrons. The van der Waals surface area contributed by atoms with Crippen LogP contribution in [0.5, 0.6) is 0 Å². The summed E-state index contributed by atoms with van der Waals surface area (Å²) >= 11 is 1.99. The molecule has 2 aromatic rings. The van der Waals surface area contributed by atoms with Crippen molar-refractivity contribution in [3.63, 3.8) is 0 Å². The van der Waals surface area contributed by atoms with Crippen LogP contribution in [0.2, 0.25) is 0 Å². The maximum atomic E-state index is 4.68. The first-order valence-corrected chi connectivity index (χ1v) is 8.62. The highest BCUT2D eigenvalue weighted by Gasteiger charge is 2.23. The third-order valence-electron chi connectivity index (χ3n) is 4.05. The van der Waals surface area contributed by atoms with Gasteiger partial charge in [0.05, 0.1) is 22.9 Å². The monoisotopic (exact) mass is 287 g/mol. The highest BCUT2D eigenvalue weighted by atomic mass is 32.2. The maximum Gasteiger partial charge on any atom is 0.0890 e. The van der Waals surface area contributed by atoms with Crippen molar-refractivity contribution in [2.45, 2.75) is 43.5 Å². The second kappa shape index (κ2) is 6.55. The van der Waals surface area contributed by atoms with E-state index in [4.69, 9.17) is 0 Å². The molecule has 1 heterocycles. The Labute approximate surface area is 124 Å². The molecule has 0 amide bonds. The zero-order valence-electron chi connectivity index (χ0n) is 11.9. The van der Waals surface area contributed by atoms with Gasteiger partial charge in [-0.1, -0.05) is 25.0 Å². The van der Waals surface area contributed by atoms with Gasteiger partial charge in [-0.25, -0.2) is 4.98 Å². The fraction of sp³-hybridized carbons (Fsp3) is 0.500. The van der Waals surface area contributed by atoms with Crippen LogP contribution in [-0.2, 0) is 6.54 Å². The van der Waals surface area contributed by atoms with E-state index >= 15 is 0 Å². The van der Waals surface area contributed by atoms with Crippen molar-refractivity contribution in [1.29, 1.82) is 0 Å². The van der Waals surface area contributed by atoms with Crippen LogP contribution in [0.3, 0.4) is 0 Å².